The van der Waals surface area contributed by atoms with E-state index in [9.17, 15) is 14.4 Å². The summed E-state index contributed by atoms with van der Waals surface area (Å²) >= 11 is 0. The second-order valence-corrected chi connectivity index (χ2v) is 6.77. The molecule has 0 aliphatic heterocycles. The number of aryl methyl sites for hydroxylation is 1. The van der Waals surface area contributed by atoms with E-state index in [1.807, 2.05) is 6.92 Å². The van der Waals surface area contributed by atoms with Crippen molar-refractivity contribution in [2.24, 2.45) is 0 Å². The number of aromatic nitrogens is 4. The van der Waals surface area contributed by atoms with E-state index in [1.54, 1.807) is 49.6 Å². The SMILES string of the molecule is CCOC(=O)c1c(Nc2ccc3c(cnn3C(C)=O)c2)nc2cc(C)ccn2c1=O. The maximum Gasteiger partial charge on any atom is 0.347 e. The summed E-state index contributed by atoms with van der Waals surface area (Å²) in [6.07, 6.45) is 3.15. The molecule has 0 spiro atoms. The van der Waals surface area contributed by atoms with Crippen molar-refractivity contribution in [3.05, 3.63) is 64.2 Å². The van der Waals surface area contributed by atoms with Gasteiger partial charge in [0, 0.05) is 24.2 Å². The summed E-state index contributed by atoms with van der Waals surface area (Å²) in [6.45, 7) is 5.11. The van der Waals surface area contributed by atoms with Crippen LogP contribution in [0.1, 0.15) is 34.6 Å². The molecule has 9 heteroatoms. The van der Waals surface area contributed by atoms with Gasteiger partial charge in [0.05, 0.1) is 18.3 Å². The van der Waals surface area contributed by atoms with Crippen LogP contribution in [-0.2, 0) is 4.74 Å². The number of nitrogens with zero attached hydrogens (tertiary/aromatic N) is 4. The fourth-order valence-corrected chi connectivity index (χ4v) is 3.22. The molecule has 0 aliphatic rings. The first-order valence-corrected chi connectivity index (χ1v) is 9.35. The Morgan fingerprint density at radius 2 is 2.00 bits per heavy atom. The lowest BCUT2D eigenvalue weighted by Gasteiger charge is -2.12. The van der Waals surface area contributed by atoms with Crippen molar-refractivity contribution >= 4 is 39.9 Å². The van der Waals surface area contributed by atoms with E-state index in [-0.39, 0.29) is 23.9 Å². The molecule has 3 heterocycles. The number of rotatable bonds is 4. The van der Waals surface area contributed by atoms with Gasteiger partial charge in [-0.2, -0.15) is 5.10 Å². The number of pyridine rings is 1. The van der Waals surface area contributed by atoms with Gasteiger partial charge in [-0.25, -0.2) is 14.5 Å². The molecule has 9 nitrogen and oxygen atoms in total. The number of nitrogens with one attached hydrogen (secondary N) is 1. The minimum atomic E-state index is -0.752. The number of hydrogen-bond acceptors (Lipinski definition) is 7. The summed E-state index contributed by atoms with van der Waals surface area (Å²) in [5.41, 5.74) is 1.86. The average molecular weight is 405 g/mol. The number of ether oxygens (including phenoxy) is 1. The fraction of sp³-hybridized carbons (Fsp3) is 0.190. The third kappa shape index (κ3) is 3.30. The van der Waals surface area contributed by atoms with E-state index in [0.29, 0.717) is 16.9 Å². The summed E-state index contributed by atoms with van der Waals surface area (Å²) in [6, 6.07) is 8.73. The van der Waals surface area contributed by atoms with Crippen LogP contribution in [0.25, 0.3) is 16.6 Å². The van der Waals surface area contributed by atoms with Gasteiger partial charge in [-0.15, -0.1) is 0 Å². The van der Waals surface area contributed by atoms with Gasteiger partial charge in [0.1, 0.15) is 5.65 Å². The molecule has 0 saturated heterocycles. The van der Waals surface area contributed by atoms with Crippen LogP contribution in [0.3, 0.4) is 0 Å². The van der Waals surface area contributed by atoms with Crippen molar-refractivity contribution in [2.75, 3.05) is 11.9 Å². The van der Waals surface area contributed by atoms with Crippen LogP contribution in [-0.4, -0.2) is 37.6 Å². The first kappa shape index (κ1) is 19.3. The Bertz CT molecular complexity index is 1370. The number of benzene rings is 1. The zero-order chi connectivity index (χ0) is 21.4. The molecular formula is C21H19N5O4. The molecule has 4 aromatic rings. The minimum Gasteiger partial charge on any atom is -0.462 e. The van der Waals surface area contributed by atoms with Crippen LogP contribution in [0.4, 0.5) is 11.5 Å². The van der Waals surface area contributed by atoms with Crippen molar-refractivity contribution < 1.29 is 14.3 Å². The lowest BCUT2D eigenvalue weighted by molar-refractivity contribution is 0.0524. The Hall–Kier alpha value is -4.01. The molecule has 1 N–H and O–H groups in total. The van der Waals surface area contributed by atoms with Crippen molar-refractivity contribution in [1.29, 1.82) is 0 Å². The van der Waals surface area contributed by atoms with Gasteiger partial charge < -0.3 is 10.1 Å². The number of hydrogen-bond donors (Lipinski definition) is 1. The monoisotopic (exact) mass is 405 g/mol. The standard InChI is InChI=1S/C21H19N5O4/c1-4-30-21(29)18-19(24-17-9-12(2)7-8-25(17)20(18)28)23-15-5-6-16-14(10-15)11-22-26(16)13(3)27/h5-11,23H,4H2,1-3H3. The predicted molar refractivity (Wildman–Crippen MR) is 111 cm³/mol. The summed E-state index contributed by atoms with van der Waals surface area (Å²) < 4.78 is 7.68. The normalized spacial score (nSPS) is 11.0. The van der Waals surface area contributed by atoms with Gasteiger partial charge >= 0.3 is 5.97 Å². The van der Waals surface area contributed by atoms with Crippen molar-refractivity contribution in [1.82, 2.24) is 19.2 Å². The summed E-state index contributed by atoms with van der Waals surface area (Å²) in [5.74, 6) is -0.852. The second kappa shape index (κ2) is 7.43. The zero-order valence-electron chi connectivity index (χ0n) is 16.7. The smallest absolute Gasteiger partial charge is 0.347 e. The van der Waals surface area contributed by atoms with Gasteiger partial charge in [0.15, 0.2) is 11.4 Å². The van der Waals surface area contributed by atoms with Crippen molar-refractivity contribution in [3.8, 4) is 0 Å². The third-order valence-corrected chi connectivity index (χ3v) is 4.59. The highest BCUT2D eigenvalue weighted by Gasteiger charge is 2.22. The molecule has 0 unspecified atom stereocenters. The molecule has 30 heavy (non-hydrogen) atoms. The van der Waals surface area contributed by atoms with Gasteiger partial charge in [-0.05, 0) is 49.7 Å². The lowest BCUT2D eigenvalue weighted by Crippen LogP contribution is -2.26. The van der Waals surface area contributed by atoms with Crippen LogP contribution in [0.15, 0.2) is 47.5 Å². The second-order valence-electron chi connectivity index (χ2n) is 6.77. The number of anilines is 2. The van der Waals surface area contributed by atoms with E-state index in [1.165, 1.54) is 16.0 Å². The van der Waals surface area contributed by atoms with Crippen molar-refractivity contribution in [3.63, 3.8) is 0 Å². The van der Waals surface area contributed by atoms with Gasteiger partial charge in [-0.1, -0.05) is 0 Å². The first-order valence-electron chi connectivity index (χ1n) is 9.35. The molecular weight excluding hydrogens is 386 g/mol. The molecule has 0 bridgehead atoms. The highest BCUT2D eigenvalue weighted by molar-refractivity contribution is 5.96. The van der Waals surface area contributed by atoms with Crippen LogP contribution < -0.4 is 10.9 Å². The van der Waals surface area contributed by atoms with Crippen LogP contribution in [0, 0.1) is 6.92 Å². The van der Waals surface area contributed by atoms with Crippen LogP contribution in [0.2, 0.25) is 0 Å². The Morgan fingerprint density at radius 1 is 1.20 bits per heavy atom. The number of fused-ring (bicyclic) bond motifs is 2. The Kier molecular flexibility index (Phi) is 4.78. The number of esters is 1. The van der Waals surface area contributed by atoms with Gasteiger partial charge in [-0.3, -0.25) is 14.0 Å². The van der Waals surface area contributed by atoms with Gasteiger partial charge in [0.25, 0.3) is 5.56 Å². The maximum atomic E-state index is 13.0. The van der Waals surface area contributed by atoms with E-state index in [2.05, 4.69) is 15.4 Å². The van der Waals surface area contributed by atoms with E-state index in [0.717, 1.165) is 10.9 Å². The minimum absolute atomic E-state index is 0.0994. The maximum absolute atomic E-state index is 13.0. The van der Waals surface area contributed by atoms with E-state index in [4.69, 9.17) is 4.74 Å². The molecule has 0 atom stereocenters. The highest BCUT2D eigenvalue weighted by atomic mass is 16.5. The molecule has 0 fully saturated rings. The summed E-state index contributed by atoms with van der Waals surface area (Å²) in [5, 5.41) is 7.85. The molecule has 0 aliphatic carbocycles. The molecule has 3 aromatic heterocycles. The Morgan fingerprint density at radius 3 is 2.73 bits per heavy atom. The van der Waals surface area contributed by atoms with Crippen LogP contribution in [0.5, 0.6) is 0 Å². The summed E-state index contributed by atoms with van der Waals surface area (Å²) in [7, 11) is 0. The molecule has 0 saturated carbocycles. The first-order chi connectivity index (χ1) is 14.4. The third-order valence-electron chi connectivity index (χ3n) is 4.59. The lowest BCUT2D eigenvalue weighted by atomic mass is 10.2. The topological polar surface area (TPSA) is 108 Å². The highest BCUT2D eigenvalue weighted by Crippen LogP contribution is 2.23. The predicted octanol–water partition coefficient (Wildman–Crippen LogP) is 2.93. The molecule has 0 radical (unpaired) electrons. The molecule has 4 rings (SSSR count). The largest absolute Gasteiger partial charge is 0.462 e. The quantitative estimate of drug-likeness (QED) is 0.520. The Balaban J connectivity index is 1.85. The molecule has 152 valence electrons. The van der Waals surface area contributed by atoms with Crippen molar-refractivity contribution in [2.45, 2.75) is 20.8 Å². The molecule has 0 amide bonds. The van der Waals surface area contributed by atoms with E-state index >= 15 is 0 Å². The zero-order valence-corrected chi connectivity index (χ0v) is 16.7. The van der Waals surface area contributed by atoms with Gasteiger partial charge in [0.2, 0.25) is 5.91 Å². The summed E-state index contributed by atoms with van der Waals surface area (Å²) in [4.78, 5) is 41.6. The molecule has 1 aromatic carbocycles. The van der Waals surface area contributed by atoms with Crippen LogP contribution >= 0.6 is 0 Å². The average Bonchev–Trinajstić information content (AvgIpc) is 3.11. The Labute approximate surface area is 170 Å². The fourth-order valence-electron chi connectivity index (χ4n) is 3.22. The number of carbonyl (C=O) groups excluding carboxylic acids is 2. The van der Waals surface area contributed by atoms with E-state index < -0.39 is 11.5 Å². The number of carbonyl (C=O) groups is 2.